The average molecular weight is 403 g/mol. The van der Waals surface area contributed by atoms with E-state index in [0.717, 1.165) is 31.9 Å². The van der Waals surface area contributed by atoms with Gasteiger partial charge in [-0.1, -0.05) is 44.7 Å². The van der Waals surface area contributed by atoms with Gasteiger partial charge in [0.15, 0.2) is 6.10 Å². The lowest BCUT2D eigenvalue weighted by Crippen LogP contribution is -2.51. The van der Waals surface area contributed by atoms with Gasteiger partial charge in [-0.05, 0) is 30.5 Å². The molecule has 1 amide bonds. The van der Waals surface area contributed by atoms with Crippen molar-refractivity contribution in [2.45, 2.75) is 45.6 Å². The van der Waals surface area contributed by atoms with Crippen molar-refractivity contribution in [3.63, 3.8) is 0 Å². The molecule has 1 aliphatic heterocycles. The molecule has 1 aromatic rings. The van der Waals surface area contributed by atoms with E-state index in [2.05, 4.69) is 19.2 Å². The molecule has 0 aliphatic carbocycles. The van der Waals surface area contributed by atoms with Crippen LogP contribution in [0, 0.1) is 5.92 Å². The molecule has 2 atom stereocenters. The minimum atomic E-state index is -3.56. The van der Waals surface area contributed by atoms with Gasteiger partial charge in [-0.3, -0.25) is 9.10 Å². The van der Waals surface area contributed by atoms with Gasteiger partial charge in [-0.2, -0.15) is 0 Å². The number of unbranched alkanes of at least 4 members (excludes halogenated alkanes) is 1. The number of amides is 1. The van der Waals surface area contributed by atoms with Crippen LogP contribution in [-0.4, -0.2) is 39.8 Å². The minimum absolute atomic E-state index is 0.0657. The lowest BCUT2D eigenvalue weighted by molar-refractivity contribution is -0.127. The van der Waals surface area contributed by atoms with Gasteiger partial charge in [0.05, 0.1) is 18.5 Å². The zero-order valence-corrected chi connectivity index (χ0v) is 17.1. The number of ether oxygens (including phenoxy) is 1. The van der Waals surface area contributed by atoms with Crippen LogP contribution in [0.3, 0.4) is 0 Å². The maximum absolute atomic E-state index is 12.6. The SMILES string of the molecule is CCCC[C@H](CC)CNC(=O)[C@@H]1CN(S(C)(=O)=O)c2cc(Cl)ccc2O1. The van der Waals surface area contributed by atoms with Gasteiger partial charge >= 0.3 is 0 Å². The highest BCUT2D eigenvalue weighted by atomic mass is 35.5. The predicted molar refractivity (Wildman–Crippen MR) is 104 cm³/mol. The van der Waals surface area contributed by atoms with E-state index in [-0.39, 0.29) is 12.5 Å². The molecule has 1 aromatic carbocycles. The van der Waals surface area contributed by atoms with Gasteiger partial charge in [0.25, 0.3) is 5.91 Å². The third kappa shape index (κ3) is 5.27. The molecule has 8 heteroatoms. The number of nitrogens with one attached hydrogen (secondary N) is 1. The van der Waals surface area contributed by atoms with Crippen molar-refractivity contribution in [1.82, 2.24) is 5.32 Å². The third-order valence-corrected chi connectivity index (χ3v) is 5.97. The first-order chi connectivity index (χ1) is 12.3. The van der Waals surface area contributed by atoms with Gasteiger partial charge in [0, 0.05) is 11.6 Å². The number of halogens is 1. The summed E-state index contributed by atoms with van der Waals surface area (Å²) in [4.78, 5) is 12.6. The molecule has 0 aromatic heterocycles. The van der Waals surface area contributed by atoms with E-state index in [4.69, 9.17) is 16.3 Å². The summed E-state index contributed by atoms with van der Waals surface area (Å²) in [6.45, 7) is 4.75. The summed E-state index contributed by atoms with van der Waals surface area (Å²) < 4.78 is 31.2. The monoisotopic (exact) mass is 402 g/mol. The topological polar surface area (TPSA) is 75.7 Å². The quantitative estimate of drug-likeness (QED) is 0.724. The van der Waals surface area contributed by atoms with Crippen LogP contribution in [0.2, 0.25) is 5.02 Å². The average Bonchev–Trinajstić information content (AvgIpc) is 2.59. The van der Waals surface area contributed by atoms with E-state index < -0.39 is 16.1 Å². The number of anilines is 1. The van der Waals surface area contributed by atoms with Crippen molar-refractivity contribution in [1.29, 1.82) is 0 Å². The van der Waals surface area contributed by atoms with E-state index in [1.165, 1.54) is 10.4 Å². The van der Waals surface area contributed by atoms with Crippen molar-refractivity contribution in [2.24, 2.45) is 5.92 Å². The summed E-state index contributed by atoms with van der Waals surface area (Å²) in [5, 5.41) is 3.32. The Bertz CT molecular complexity index is 739. The standard InChI is InChI=1S/C18H27ClN2O4S/c1-4-6-7-13(5-2)11-20-18(22)17-12-21(26(3,23)24)15-10-14(19)8-9-16(15)25-17/h8-10,13,17H,4-7,11-12H2,1-3H3,(H,20,22)/t13-,17-/m0/s1. The van der Waals surface area contributed by atoms with Crippen molar-refractivity contribution in [3.8, 4) is 5.75 Å². The van der Waals surface area contributed by atoms with E-state index in [1.54, 1.807) is 12.1 Å². The number of carbonyl (C=O) groups is 1. The Labute approximate surface area is 160 Å². The Balaban J connectivity index is 2.11. The van der Waals surface area contributed by atoms with Crippen molar-refractivity contribution in [2.75, 3.05) is 23.7 Å². The fraction of sp³-hybridized carbons (Fsp3) is 0.611. The summed E-state index contributed by atoms with van der Waals surface area (Å²) in [6.07, 6.45) is 4.53. The highest BCUT2D eigenvalue weighted by Gasteiger charge is 2.35. The molecule has 0 radical (unpaired) electrons. The summed E-state index contributed by atoms with van der Waals surface area (Å²) >= 11 is 5.98. The predicted octanol–water partition coefficient (Wildman–Crippen LogP) is 3.20. The molecular weight excluding hydrogens is 376 g/mol. The molecule has 2 rings (SSSR count). The normalized spacial score (nSPS) is 18.0. The zero-order chi connectivity index (χ0) is 19.3. The van der Waals surface area contributed by atoms with Gasteiger partial charge in [-0.15, -0.1) is 0 Å². The zero-order valence-electron chi connectivity index (χ0n) is 15.5. The smallest absolute Gasteiger partial charge is 0.263 e. The molecular formula is C18H27ClN2O4S. The second-order valence-electron chi connectivity index (χ2n) is 6.67. The summed E-state index contributed by atoms with van der Waals surface area (Å²) in [7, 11) is -3.56. The van der Waals surface area contributed by atoms with Gasteiger partial charge in [0.1, 0.15) is 5.75 Å². The van der Waals surface area contributed by atoms with E-state index in [1.807, 2.05) is 0 Å². The lowest BCUT2D eigenvalue weighted by atomic mass is 9.99. The van der Waals surface area contributed by atoms with E-state index in [9.17, 15) is 13.2 Å². The first kappa shape index (κ1) is 20.8. The number of sulfonamides is 1. The molecule has 0 saturated carbocycles. The van der Waals surface area contributed by atoms with Gasteiger partial charge in [-0.25, -0.2) is 8.42 Å². The lowest BCUT2D eigenvalue weighted by Gasteiger charge is -2.34. The molecule has 0 spiro atoms. The number of hydrogen-bond donors (Lipinski definition) is 1. The number of nitrogens with zero attached hydrogens (tertiary/aromatic N) is 1. The van der Waals surface area contributed by atoms with Crippen molar-refractivity contribution in [3.05, 3.63) is 23.2 Å². The van der Waals surface area contributed by atoms with Crippen LogP contribution in [0.15, 0.2) is 18.2 Å². The Hall–Kier alpha value is -1.47. The molecule has 146 valence electrons. The number of carbonyl (C=O) groups excluding carboxylic acids is 1. The summed E-state index contributed by atoms with van der Waals surface area (Å²) in [6, 6.07) is 4.73. The number of rotatable bonds is 8. The summed E-state index contributed by atoms with van der Waals surface area (Å²) in [5.74, 6) is 0.457. The van der Waals surface area contributed by atoms with Crippen LogP contribution in [-0.2, 0) is 14.8 Å². The Morgan fingerprint density at radius 3 is 2.77 bits per heavy atom. The van der Waals surface area contributed by atoms with Crippen LogP contribution < -0.4 is 14.4 Å². The number of hydrogen-bond acceptors (Lipinski definition) is 4. The largest absolute Gasteiger partial charge is 0.476 e. The maximum atomic E-state index is 12.6. The molecule has 0 saturated heterocycles. The molecule has 0 fully saturated rings. The fourth-order valence-corrected chi connectivity index (χ4v) is 4.05. The maximum Gasteiger partial charge on any atom is 0.263 e. The second kappa shape index (κ2) is 8.95. The third-order valence-electron chi connectivity index (χ3n) is 4.59. The first-order valence-electron chi connectivity index (χ1n) is 8.97. The summed E-state index contributed by atoms with van der Waals surface area (Å²) in [5.41, 5.74) is 0.360. The Morgan fingerprint density at radius 1 is 1.42 bits per heavy atom. The van der Waals surface area contributed by atoms with Crippen LogP contribution in [0.1, 0.15) is 39.5 Å². The number of fused-ring (bicyclic) bond motifs is 1. The molecule has 6 nitrogen and oxygen atoms in total. The van der Waals surface area contributed by atoms with Crippen molar-refractivity contribution < 1.29 is 17.9 Å². The molecule has 0 bridgehead atoms. The molecule has 26 heavy (non-hydrogen) atoms. The Kier molecular flexibility index (Phi) is 7.17. The van der Waals surface area contributed by atoms with E-state index in [0.29, 0.717) is 28.9 Å². The van der Waals surface area contributed by atoms with Crippen molar-refractivity contribution >= 4 is 33.2 Å². The van der Waals surface area contributed by atoms with Crippen LogP contribution in [0.4, 0.5) is 5.69 Å². The number of benzene rings is 1. The molecule has 0 unspecified atom stereocenters. The highest BCUT2D eigenvalue weighted by Crippen LogP contribution is 2.37. The van der Waals surface area contributed by atoms with Crippen LogP contribution in [0.25, 0.3) is 0 Å². The van der Waals surface area contributed by atoms with Gasteiger partial charge < -0.3 is 10.1 Å². The minimum Gasteiger partial charge on any atom is -0.476 e. The molecule has 1 N–H and O–H groups in total. The van der Waals surface area contributed by atoms with Gasteiger partial charge in [0.2, 0.25) is 10.0 Å². The van der Waals surface area contributed by atoms with E-state index >= 15 is 0 Å². The molecule has 1 aliphatic rings. The fourth-order valence-electron chi connectivity index (χ4n) is 2.98. The second-order valence-corrected chi connectivity index (χ2v) is 9.02. The molecule has 1 heterocycles. The van der Waals surface area contributed by atoms with Crippen LogP contribution >= 0.6 is 11.6 Å². The Morgan fingerprint density at radius 2 is 2.15 bits per heavy atom. The highest BCUT2D eigenvalue weighted by molar-refractivity contribution is 7.92. The van der Waals surface area contributed by atoms with Crippen LogP contribution in [0.5, 0.6) is 5.75 Å². The first-order valence-corrected chi connectivity index (χ1v) is 11.2.